The number of amides is 1. The first-order valence-corrected chi connectivity index (χ1v) is 9.51. The zero-order chi connectivity index (χ0) is 20.6. The van der Waals surface area contributed by atoms with Crippen LogP contribution in [0.15, 0.2) is 37.1 Å². The van der Waals surface area contributed by atoms with Crippen LogP contribution in [0.1, 0.15) is 37.0 Å². The quantitative estimate of drug-likeness (QED) is 0.564. The summed E-state index contributed by atoms with van der Waals surface area (Å²) in [5.41, 5.74) is 0.147. The number of halogens is 1. The Labute approximate surface area is 167 Å². The number of aromatic nitrogens is 4. The normalized spacial score (nSPS) is 15.3. The molecule has 9 heteroatoms. The van der Waals surface area contributed by atoms with Crippen LogP contribution >= 0.6 is 0 Å². The van der Waals surface area contributed by atoms with Gasteiger partial charge < -0.3 is 15.7 Å². The van der Waals surface area contributed by atoms with E-state index in [1.54, 1.807) is 12.3 Å². The second-order valence-electron chi connectivity index (χ2n) is 7.83. The number of fused-ring (bicyclic) bond motifs is 1. The maximum atomic E-state index is 14.0. The lowest BCUT2D eigenvalue weighted by atomic mass is 10.0. The molecule has 0 saturated heterocycles. The highest BCUT2D eigenvalue weighted by molar-refractivity contribution is 5.99. The summed E-state index contributed by atoms with van der Waals surface area (Å²) in [4.78, 5) is 25.4. The Balaban J connectivity index is 1.62. The second kappa shape index (κ2) is 7.40. The number of carbonyl (C=O) groups excluding carboxylic acids is 1. The first-order valence-electron chi connectivity index (χ1n) is 9.51. The topological polar surface area (TPSA) is 105 Å². The van der Waals surface area contributed by atoms with Crippen LogP contribution in [0.3, 0.4) is 0 Å². The van der Waals surface area contributed by atoms with Gasteiger partial charge in [-0.25, -0.2) is 19.3 Å². The van der Waals surface area contributed by atoms with Crippen LogP contribution in [0, 0.1) is 0 Å². The molecule has 1 atom stereocenters. The number of anilines is 1. The average Bonchev–Trinajstić information content (AvgIpc) is 3.40. The molecular weight excluding hydrogens is 375 g/mol. The lowest BCUT2D eigenvalue weighted by Crippen LogP contribution is -2.42. The largest absolute Gasteiger partial charge is 0.387 e. The smallest absolute Gasteiger partial charge is 0.255 e. The van der Waals surface area contributed by atoms with Gasteiger partial charge in [0, 0.05) is 36.1 Å². The van der Waals surface area contributed by atoms with Crippen LogP contribution in [0.5, 0.6) is 0 Å². The van der Waals surface area contributed by atoms with Crippen molar-refractivity contribution in [1.82, 2.24) is 24.8 Å². The van der Waals surface area contributed by atoms with Crippen molar-refractivity contribution in [1.29, 1.82) is 0 Å². The van der Waals surface area contributed by atoms with Crippen molar-refractivity contribution in [2.45, 2.75) is 44.5 Å². The van der Waals surface area contributed by atoms with Crippen molar-refractivity contribution in [2.75, 3.05) is 11.9 Å². The first kappa shape index (κ1) is 19.3. The standard InChI is InChI=1S/C20H23FN6O2/c1-20(2,29)16(21)10-24-19(28)14-9-23-17(7-15(14)26-13-3-4-13)27-6-5-12-8-22-11-25-18(12)27/h5-9,11,13,16,29H,3-4,10H2,1-2H3,(H,23,26)(H,24,28). The minimum atomic E-state index is -1.58. The van der Waals surface area contributed by atoms with Crippen molar-refractivity contribution in [3.8, 4) is 5.82 Å². The molecule has 3 heterocycles. The summed E-state index contributed by atoms with van der Waals surface area (Å²) >= 11 is 0. The summed E-state index contributed by atoms with van der Waals surface area (Å²) in [7, 11) is 0. The fourth-order valence-electron chi connectivity index (χ4n) is 2.91. The van der Waals surface area contributed by atoms with Crippen LogP contribution in [0.4, 0.5) is 10.1 Å². The molecule has 0 spiro atoms. The van der Waals surface area contributed by atoms with Gasteiger partial charge in [-0.1, -0.05) is 0 Å². The molecule has 152 valence electrons. The highest BCUT2D eigenvalue weighted by Gasteiger charge is 2.28. The van der Waals surface area contributed by atoms with Crippen LogP contribution in [-0.4, -0.2) is 54.9 Å². The minimum Gasteiger partial charge on any atom is -0.387 e. The highest BCUT2D eigenvalue weighted by Crippen LogP contribution is 2.28. The molecule has 1 fully saturated rings. The van der Waals surface area contributed by atoms with E-state index in [1.807, 2.05) is 16.8 Å². The molecule has 0 aromatic carbocycles. The average molecular weight is 398 g/mol. The molecule has 1 unspecified atom stereocenters. The zero-order valence-electron chi connectivity index (χ0n) is 16.3. The Kier molecular flexibility index (Phi) is 4.91. The van der Waals surface area contributed by atoms with E-state index < -0.39 is 17.7 Å². The van der Waals surface area contributed by atoms with Gasteiger partial charge in [-0.15, -0.1) is 0 Å². The SMILES string of the molecule is CC(C)(O)C(F)CNC(=O)c1cnc(-n2ccc3cncnc32)cc1NC1CC1. The molecule has 1 aliphatic rings. The molecule has 1 amide bonds. The van der Waals surface area contributed by atoms with Crippen LogP contribution in [0.2, 0.25) is 0 Å². The number of hydrogen-bond acceptors (Lipinski definition) is 6. The van der Waals surface area contributed by atoms with E-state index in [0.29, 0.717) is 28.8 Å². The summed E-state index contributed by atoms with van der Waals surface area (Å²) in [5, 5.41) is 16.5. The lowest BCUT2D eigenvalue weighted by molar-refractivity contribution is -0.00177. The predicted molar refractivity (Wildman–Crippen MR) is 107 cm³/mol. The van der Waals surface area contributed by atoms with Crippen molar-refractivity contribution < 1.29 is 14.3 Å². The van der Waals surface area contributed by atoms with E-state index in [1.165, 1.54) is 26.4 Å². The fraction of sp³-hybridized carbons (Fsp3) is 0.400. The third-order valence-electron chi connectivity index (χ3n) is 4.88. The van der Waals surface area contributed by atoms with E-state index in [-0.39, 0.29) is 6.54 Å². The lowest BCUT2D eigenvalue weighted by Gasteiger charge is -2.22. The summed E-state index contributed by atoms with van der Waals surface area (Å²) in [6.45, 7) is 2.45. The van der Waals surface area contributed by atoms with Crippen LogP contribution in [0.25, 0.3) is 16.9 Å². The van der Waals surface area contributed by atoms with Crippen molar-refractivity contribution in [3.63, 3.8) is 0 Å². The van der Waals surface area contributed by atoms with Gasteiger partial charge in [-0.2, -0.15) is 0 Å². The maximum Gasteiger partial charge on any atom is 0.255 e. The second-order valence-corrected chi connectivity index (χ2v) is 7.83. The molecular formula is C20H23FN6O2. The first-order chi connectivity index (χ1) is 13.8. The van der Waals surface area contributed by atoms with E-state index in [4.69, 9.17) is 0 Å². The summed E-state index contributed by atoms with van der Waals surface area (Å²) in [6, 6.07) is 3.99. The van der Waals surface area contributed by atoms with Gasteiger partial charge in [0.15, 0.2) is 0 Å². The molecule has 1 saturated carbocycles. The van der Waals surface area contributed by atoms with Gasteiger partial charge in [0.25, 0.3) is 5.91 Å². The maximum absolute atomic E-state index is 14.0. The van der Waals surface area contributed by atoms with Gasteiger partial charge >= 0.3 is 0 Å². The molecule has 29 heavy (non-hydrogen) atoms. The highest BCUT2D eigenvalue weighted by atomic mass is 19.1. The predicted octanol–water partition coefficient (Wildman–Crippen LogP) is 2.23. The summed E-state index contributed by atoms with van der Waals surface area (Å²) in [5.74, 6) is 0.164. The monoisotopic (exact) mass is 398 g/mol. The summed E-state index contributed by atoms with van der Waals surface area (Å²) < 4.78 is 15.8. The molecule has 3 N–H and O–H groups in total. The van der Waals surface area contributed by atoms with E-state index in [9.17, 15) is 14.3 Å². The number of carbonyl (C=O) groups is 1. The number of nitrogens with zero attached hydrogens (tertiary/aromatic N) is 4. The van der Waals surface area contributed by atoms with Gasteiger partial charge in [0.2, 0.25) is 0 Å². The van der Waals surface area contributed by atoms with Crippen molar-refractivity contribution in [2.24, 2.45) is 0 Å². The van der Waals surface area contributed by atoms with Crippen molar-refractivity contribution >= 4 is 22.6 Å². The number of rotatable bonds is 7. The molecule has 0 aliphatic heterocycles. The molecule has 3 aromatic heterocycles. The number of aliphatic hydroxyl groups is 1. The van der Waals surface area contributed by atoms with Crippen molar-refractivity contribution in [3.05, 3.63) is 42.6 Å². The number of nitrogens with one attached hydrogen (secondary N) is 2. The molecule has 0 bridgehead atoms. The van der Waals surface area contributed by atoms with Gasteiger partial charge in [-0.05, 0) is 32.8 Å². The molecule has 8 nitrogen and oxygen atoms in total. The number of pyridine rings is 1. The molecule has 1 aliphatic carbocycles. The number of alkyl halides is 1. The van der Waals surface area contributed by atoms with Crippen LogP contribution < -0.4 is 10.6 Å². The Morgan fingerprint density at radius 2 is 2.17 bits per heavy atom. The van der Waals surface area contributed by atoms with E-state index >= 15 is 0 Å². The van der Waals surface area contributed by atoms with Gasteiger partial charge in [0.05, 0.1) is 23.4 Å². The van der Waals surface area contributed by atoms with E-state index in [0.717, 1.165) is 18.2 Å². The van der Waals surface area contributed by atoms with Gasteiger partial charge in [0.1, 0.15) is 24.0 Å². The Hall–Kier alpha value is -3.07. The van der Waals surface area contributed by atoms with Gasteiger partial charge in [-0.3, -0.25) is 9.36 Å². The minimum absolute atomic E-state index is 0.286. The third kappa shape index (κ3) is 4.19. The Morgan fingerprint density at radius 1 is 1.38 bits per heavy atom. The molecule has 0 radical (unpaired) electrons. The Morgan fingerprint density at radius 3 is 2.90 bits per heavy atom. The molecule has 4 rings (SSSR count). The number of hydrogen-bond donors (Lipinski definition) is 3. The molecule has 3 aromatic rings. The van der Waals surface area contributed by atoms with E-state index in [2.05, 4.69) is 25.6 Å². The zero-order valence-corrected chi connectivity index (χ0v) is 16.3. The summed E-state index contributed by atoms with van der Waals surface area (Å²) in [6.07, 6.45) is 7.00. The third-order valence-corrected chi connectivity index (χ3v) is 4.88. The van der Waals surface area contributed by atoms with Crippen LogP contribution in [-0.2, 0) is 0 Å². The Bertz CT molecular complexity index is 1040. The fourth-order valence-corrected chi connectivity index (χ4v) is 2.91.